The molecule has 6 heteroatoms. The summed E-state index contributed by atoms with van der Waals surface area (Å²) in [5.41, 5.74) is 7.16. The molecule has 24 heavy (non-hydrogen) atoms. The molecule has 0 spiro atoms. The molecule has 0 aromatic carbocycles. The van der Waals surface area contributed by atoms with Gasteiger partial charge in [-0.2, -0.15) is 0 Å². The predicted molar refractivity (Wildman–Crippen MR) is 97.5 cm³/mol. The number of thiophene rings is 1. The van der Waals surface area contributed by atoms with Crippen molar-refractivity contribution in [3.8, 4) is 0 Å². The maximum atomic E-state index is 12.7. The van der Waals surface area contributed by atoms with Crippen LogP contribution in [0, 0.1) is 11.8 Å². The van der Waals surface area contributed by atoms with Crippen molar-refractivity contribution in [1.82, 2.24) is 4.90 Å². The van der Waals surface area contributed by atoms with Crippen LogP contribution in [0.4, 0.5) is 5.00 Å². The number of primary amides is 1. The molecule has 2 aliphatic rings. The number of carbonyl (C=O) groups excluding carboxylic acids is 2. The van der Waals surface area contributed by atoms with E-state index in [-0.39, 0.29) is 11.9 Å². The van der Waals surface area contributed by atoms with Gasteiger partial charge >= 0.3 is 0 Å². The first-order chi connectivity index (χ1) is 11.4. The molecular formula is C18H27N3O2S. The third-order valence-electron chi connectivity index (χ3n) is 5.23. The topological polar surface area (TPSA) is 75.4 Å². The number of amides is 2. The van der Waals surface area contributed by atoms with Crippen molar-refractivity contribution in [1.29, 1.82) is 0 Å². The maximum Gasteiger partial charge on any atom is 0.251 e. The molecule has 1 aromatic rings. The van der Waals surface area contributed by atoms with E-state index in [1.807, 2.05) is 6.92 Å². The lowest BCUT2D eigenvalue weighted by Gasteiger charge is -2.38. The summed E-state index contributed by atoms with van der Waals surface area (Å²) in [7, 11) is 0. The third-order valence-corrected chi connectivity index (χ3v) is 6.44. The van der Waals surface area contributed by atoms with Crippen LogP contribution in [0.25, 0.3) is 0 Å². The molecule has 3 atom stereocenters. The van der Waals surface area contributed by atoms with Gasteiger partial charge in [0.25, 0.3) is 5.91 Å². The number of hydrogen-bond donors (Lipinski definition) is 2. The van der Waals surface area contributed by atoms with Gasteiger partial charge in [0.05, 0.1) is 11.6 Å². The number of hydrogen-bond acceptors (Lipinski definition) is 4. The van der Waals surface area contributed by atoms with E-state index in [2.05, 4.69) is 24.1 Å². The number of rotatable bonds is 4. The summed E-state index contributed by atoms with van der Waals surface area (Å²) in [5, 5.41) is 3.63. The largest absolute Gasteiger partial charge is 0.365 e. The van der Waals surface area contributed by atoms with Gasteiger partial charge < -0.3 is 11.1 Å². The Bertz CT molecular complexity index is 645. The molecule has 0 bridgehead atoms. The minimum atomic E-state index is -0.433. The molecule has 0 radical (unpaired) electrons. The van der Waals surface area contributed by atoms with Gasteiger partial charge in [0.1, 0.15) is 5.00 Å². The van der Waals surface area contributed by atoms with E-state index in [1.54, 1.807) is 0 Å². The van der Waals surface area contributed by atoms with Crippen molar-refractivity contribution in [2.75, 3.05) is 18.4 Å². The first-order valence-corrected chi connectivity index (χ1v) is 9.67. The van der Waals surface area contributed by atoms with Crippen LogP contribution in [0.15, 0.2) is 0 Å². The fourth-order valence-corrected chi connectivity index (χ4v) is 5.46. The Balaban J connectivity index is 1.74. The van der Waals surface area contributed by atoms with Gasteiger partial charge in [0.15, 0.2) is 0 Å². The summed E-state index contributed by atoms with van der Waals surface area (Å²) >= 11 is 1.52. The molecule has 1 aliphatic carbocycles. The lowest BCUT2D eigenvalue weighted by atomic mass is 9.91. The molecular weight excluding hydrogens is 322 g/mol. The van der Waals surface area contributed by atoms with E-state index in [9.17, 15) is 9.59 Å². The van der Waals surface area contributed by atoms with Crippen LogP contribution in [-0.2, 0) is 17.6 Å². The Hall–Kier alpha value is -1.40. The third kappa shape index (κ3) is 3.35. The lowest BCUT2D eigenvalue weighted by molar-refractivity contribution is -0.121. The van der Waals surface area contributed by atoms with Crippen LogP contribution in [0.1, 0.15) is 54.4 Å². The second-order valence-corrected chi connectivity index (χ2v) is 8.60. The fraction of sp³-hybridized carbons (Fsp3) is 0.667. The second-order valence-electron chi connectivity index (χ2n) is 7.49. The number of anilines is 1. The van der Waals surface area contributed by atoms with Gasteiger partial charge in [-0.3, -0.25) is 14.5 Å². The zero-order valence-electron chi connectivity index (χ0n) is 14.7. The molecule has 3 unspecified atom stereocenters. The van der Waals surface area contributed by atoms with E-state index >= 15 is 0 Å². The van der Waals surface area contributed by atoms with Crippen molar-refractivity contribution in [2.24, 2.45) is 17.6 Å². The maximum absolute atomic E-state index is 12.7. The van der Waals surface area contributed by atoms with E-state index in [1.165, 1.54) is 22.6 Å². The highest BCUT2D eigenvalue weighted by atomic mass is 32.1. The smallest absolute Gasteiger partial charge is 0.251 e. The van der Waals surface area contributed by atoms with Gasteiger partial charge in [-0.15, -0.1) is 11.3 Å². The first-order valence-electron chi connectivity index (χ1n) is 8.86. The van der Waals surface area contributed by atoms with Crippen LogP contribution in [0.5, 0.6) is 0 Å². The Kier molecular flexibility index (Phi) is 4.97. The van der Waals surface area contributed by atoms with Crippen molar-refractivity contribution in [3.05, 3.63) is 16.0 Å². The number of carbonyl (C=O) groups is 2. The summed E-state index contributed by atoms with van der Waals surface area (Å²) in [6.07, 6.45) is 4.15. The predicted octanol–water partition coefficient (Wildman–Crippen LogP) is 2.64. The number of aryl methyl sites for hydroxylation is 1. The molecule has 1 aliphatic heterocycles. The summed E-state index contributed by atoms with van der Waals surface area (Å²) in [6.45, 7) is 8.32. The average Bonchev–Trinajstić information content (AvgIpc) is 3.05. The summed E-state index contributed by atoms with van der Waals surface area (Å²) < 4.78 is 0. The molecule has 1 aromatic heterocycles. The van der Waals surface area contributed by atoms with Crippen molar-refractivity contribution < 1.29 is 9.59 Å². The van der Waals surface area contributed by atoms with E-state index in [0.717, 1.165) is 37.9 Å². The van der Waals surface area contributed by atoms with E-state index < -0.39 is 5.91 Å². The molecule has 1 fully saturated rings. The van der Waals surface area contributed by atoms with Gasteiger partial charge in [0, 0.05) is 18.0 Å². The number of nitrogens with zero attached hydrogens (tertiary/aromatic N) is 1. The number of fused-ring (bicyclic) bond motifs is 1. The van der Waals surface area contributed by atoms with Gasteiger partial charge in [-0.25, -0.2) is 0 Å². The summed E-state index contributed by atoms with van der Waals surface area (Å²) in [6, 6.07) is -0.201. The van der Waals surface area contributed by atoms with Crippen LogP contribution >= 0.6 is 11.3 Å². The zero-order valence-corrected chi connectivity index (χ0v) is 15.5. The summed E-state index contributed by atoms with van der Waals surface area (Å²) in [4.78, 5) is 28.0. The monoisotopic (exact) mass is 349 g/mol. The molecule has 2 amide bonds. The average molecular weight is 350 g/mol. The highest BCUT2D eigenvalue weighted by molar-refractivity contribution is 7.17. The number of nitrogens with two attached hydrogens (primary N) is 1. The van der Waals surface area contributed by atoms with Gasteiger partial charge in [-0.05, 0) is 50.0 Å². The minimum Gasteiger partial charge on any atom is -0.365 e. The van der Waals surface area contributed by atoms with Crippen LogP contribution < -0.4 is 11.1 Å². The van der Waals surface area contributed by atoms with Crippen molar-refractivity contribution in [3.63, 3.8) is 0 Å². The van der Waals surface area contributed by atoms with Gasteiger partial charge in [0.2, 0.25) is 5.91 Å². The van der Waals surface area contributed by atoms with Crippen molar-refractivity contribution >= 4 is 28.2 Å². The molecule has 132 valence electrons. The molecule has 0 saturated carbocycles. The molecule has 1 saturated heterocycles. The standard InChI is InChI=1S/C18H27N3O2S/c1-10-7-11(2)9-21(8-10)12(3)17(23)20-18-15(16(19)22)13-5-4-6-14(13)24-18/h10-12H,4-9H2,1-3H3,(H2,19,22)(H,20,23). The Morgan fingerprint density at radius 2 is 1.92 bits per heavy atom. The van der Waals surface area contributed by atoms with Crippen LogP contribution in [0.2, 0.25) is 0 Å². The highest BCUT2D eigenvalue weighted by Gasteiger charge is 2.31. The van der Waals surface area contributed by atoms with E-state index in [0.29, 0.717) is 22.4 Å². The molecule has 2 heterocycles. The number of likely N-dealkylation sites (tertiary alicyclic amines) is 1. The number of nitrogens with one attached hydrogen (secondary N) is 1. The quantitative estimate of drug-likeness (QED) is 0.877. The van der Waals surface area contributed by atoms with Crippen molar-refractivity contribution in [2.45, 2.75) is 52.5 Å². The second kappa shape index (κ2) is 6.84. The summed E-state index contributed by atoms with van der Waals surface area (Å²) in [5.74, 6) is 0.739. The SMILES string of the molecule is CC1CC(C)CN(C(C)C(=O)Nc2sc3c(c2C(N)=O)CCC3)C1. The first kappa shape index (κ1) is 17.4. The van der Waals surface area contributed by atoms with Gasteiger partial charge in [-0.1, -0.05) is 13.8 Å². The van der Waals surface area contributed by atoms with Crippen LogP contribution in [-0.4, -0.2) is 35.8 Å². The molecule has 3 N–H and O–H groups in total. The lowest BCUT2D eigenvalue weighted by Crippen LogP contribution is -2.48. The Morgan fingerprint density at radius 1 is 1.25 bits per heavy atom. The van der Waals surface area contributed by atoms with E-state index in [4.69, 9.17) is 5.73 Å². The number of piperidine rings is 1. The minimum absolute atomic E-state index is 0.0428. The zero-order chi connectivity index (χ0) is 17.4. The van der Waals surface area contributed by atoms with Crippen LogP contribution in [0.3, 0.4) is 0 Å². The Labute approximate surface area is 147 Å². The molecule has 5 nitrogen and oxygen atoms in total. The normalized spacial score (nSPS) is 25.3. The highest BCUT2D eigenvalue weighted by Crippen LogP contribution is 2.39. The Morgan fingerprint density at radius 3 is 2.54 bits per heavy atom. The fourth-order valence-electron chi connectivity index (χ4n) is 4.16. The molecule has 3 rings (SSSR count).